The van der Waals surface area contributed by atoms with Gasteiger partial charge in [-0.3, -0.25) is 24.0 Å². The van der Waals surface area contributed by atoms with Crippen molar-refractivity contribution in [3.63, 3.8) is 0 Å². The van der Waals surface area contributed by atoms with Crippen LogP contribution >= 0.6 is 0 Å². The minimum Gasteiger partial charge on any atom is -0.356 e. The van der Waals surface area contributed by atoms with Gasteiger partial charge in [0.25, 0.3) is 5.91 Å². The molecule has 206 valence electrons. The molecule has 4 amide bonds. The first-order valence-electron chi connectivity index (χ1n) is 14.4. The van der Waals surface area contributed by atoms with Gasteiger partial charge in [0.05, 0.1) is 12.6 Å². The first-order valence-corrected chi connectivity index (χ1v) is 14.4. The largest absolute Gasteiger partial charge is 0.356 e. The second kappa shape index (κ2) is 13.3. The highest BCUT2D eigenvalue weighted by molar-refractivity contribution is 6.38. The molecule has 2 saturated carbocycles. The molecule has 4 aliphatic rings. The summed E-state index contributed by atoms with van der Waals surface area (Å²) in [5, 5.41) is 11.8. The van der Waals surface area contributed by atoms with Crippen molar-refractivity contribution in [2.45, 2.75) is 102 Å². The van der Waals surface area contributed by atoms with E-state index in [1.165, 1.54) is 6.42 Å². The van der Waals surface area contributed by atoms with Crippen LogP contribution in [-0.2, 0) is 24.0 Å². The minimum atomic E-state index is -0.779. The van der Waals surface area contributed by atoms with E-state index >= 15 is 0 Å². The smallest absolute Gasteiger partial charge is 0.289 e. The summed E-state index contributed by atoms with van der Waals surface area (Å²) < 4.78 is 0. The van der Waals surface area contributed by atoms with E-state index in [-0.39, 0.29) is 54.6 Å². The number of Topliss-reactive ketones (excluding diaryl/α,β-unsaturated/α-hetero) is 1. The molecule has 4 N–H and O–H groups in total. The monoisotopic (exact) mass is 517 g/mol. The van der Waals surface area contributed by atoms with Gasteiger partial charge < -0.3 is 26.2 Å². The Bertz CT molecular complexity index is 852. The summed E-state index contributed by atoms with van der Waals surface area (Å²) in [6, 6.07) is -0.859. The summed E-state index contributed by atoms with van der Waals surface area (Å²) in [6.45, 7) is 1.54. The Morgan fingerprint density at radius 3 is 2.35 bits per heavy atom. The number of ketones is 1. The van der Waals surface area contributed by atoms with E-state index in [2.05, 4.69) is 21.3 Å². The van der Waals surface area contributed by atoms with Crippen molar-refractivity contribution < 1.29 is 24.0 Å². The summed E-state index contributed by atoms with van der Waals surface area (Å²) in [5.74, 6) is -1.66. The van der Waals surface area contributed by atoms with Crippen LogP contribution in [0.2, 0.25) is 0 Å². The van der Waals surface area contributed by atoms with Crippen molar-refractivity contribution in [1.82, 2.24) is 26.2 Å². The van der Waals surface area contributed by atoms with E-state index in [0.717, 1.165) is 64.2 Å². The van der Waals surface area contributed by atoms with E-state index in [0.29, 0.717) is 26.1 Å². The van der Waals surface area contributed by atoms with Crippen molar-refractivity contribution in [3.05, 3.63) is 0 Å². The number of carbonyl (C=O) groups is 5. The highest BCUT2D eigenvalue weighted by Crippen LogP contribution is 2.24. The third-order valence-electron chi connectivity index (χ3n) is 8.60. The summed E-state index contributed by atoms with van der Waals surface area (Å²) >= 11 is 0. The standard InChI is InChI=1S/C27H43N5O5/c33-23(17-30-25(35)18-7-2-1-3-8-18)32-14-6-11-21(32)16-29-22(15-19-12-13-28-26(19)36)24(34)27(37)31-20-9-4-5-10-20/h18-22,29H,1-17H2,(H,28,36)(H,30,35)(H,31,37)/t19-,21?,22-/m0/s1. The summed E-state index contributed by atoms with van der Waals surface area (Å²) in [7, 11) is 0. The van der Waals surface area contributed by atoms with Crippen LogP contribution < -0.4 is 21.3 Å². The Morgan fingerprint density at radius 2 is 1.65 bits per heavy atom. The summed E-state index contributed by atoms with van der Waals surface area (Å²) in [4.78, 5) is 65.2. The third-order valence-corrected chi connectivity index (χ3v) is 8.60. The van der Waals surface area contributed by atoms with Crippen molar-refractivity contribution in [1.29, 1.82) is 0 Å². The molecule has 37 heavy (non-hydrogen) atoms. The number of rotatable bonds is 11. The average Bonchev–Trinajstić information content (AvgIpc) is 3.68. The molecule has 0 aromatic rings. The topological polar surface area (TPSA) is 137 Å². The molecule has 4 fully saturated rings. The Hall–Kier alpha value is -2.49. The fraction of sp³-hybridized carbons (Fsp3) is 0.815. The van der Waals surface area contributed by atoms with Crippen LogP contribution in [0.15, 0.2) is 0 Å². The zero-order chi connectivity index (χ0) is 26.2. The number of amides is 4. The van der Waals surface area contributed by atoms with Gasteiger partial charge in [-0.25, -0.2) is 0 Å². The van der Waals surface area contributed by atoms with Crippen LogP contribution in [0.3, 0.4) is 0 Å². The van der Waals surface area contributed by atoms with Crippen molar-refractivity contribution in [2.24, 2.45) is 11.8 Å². The molecule has 0 radical (unpaired) electrons. The van der Waals surface area contributed by atoms with Gasteiger partial charge in [-0.1, -0.05) is 32.1 Å². The second-order valence-corrected chi connectivity index (χ2v) is 11.2. The molecule has 1 unspecified atom stereocenters. The number of hydrogen-bond acceptors (Lipinski definition) is 6. The lowest BCUT2D eigenvalue weighted by Gasteiger charge is -2.28. The van der Waals surface area contributed by atoms with Crippen LogP contribution in [-0.4, -0.2) is 78.6 Å². The molecular weight excluding hydrogens is 474 g/mol. The van der Waals surface area contributed by atoms with Crippen LogP contribution in [0.25, 0.3) is 0 Å². The molecule has 2 saturated heterocycles. The number of carbonyl (C=O) groups excluding carboxylic acids is 5. The molecular formula is C27H43N5O5. The van der Waals surface area contributed by atoms with Crippen molar-refractivity contribution in [2.75, 3.05) is 26.2 Å². The normalized spacial score (nSPS) is 25.6. The van der Waals surface area contributed by atoms with E-state index in [1.807, 2.05) is 0 Å². The van der Waals surface area contributed by atoms with Gasteiger partial charge in [0.2, 0.25) is 23.5 Å². The van der Waals surface area contributed by atoms with E-state index in [1.54, 1.807) is 4.90 Å². The van der Waals surface area contributed by atoms with Crippen LogP contribution in [0.1, 0.15) is 83.5 Å². The molecule has 0 aromatic heterocycles. The Kier molecular flexibility index (Phi) is 9.94. The summed E-state index contributed by atoms with van der Waals surface area (Å²) in [6.07, 6.45) is 11.5. The van der Waals surface area contributed by atoms with E-state index in [4.69, 9.17) is 0 Å². The van der Waals surface area contributed by atoms with Gasteiger partial charge in [-0.05, 0) is 51.4 Å². The lowest BCUT2D eigenvalue weighted by atomic mass is 9.89. The lowest BCUT2D eigenvalue weighted by molar-refractivity contribution is -0.140. The minimum absolute atomic E-state index is 0.00697. The third kappa shape index (κ3) is 7.52. The second-order valence-electron chi connectivity index (χ2n) is 11.2. The molecule has 10 nitrogen and oxygen atoms in total. The van der Waals surface area contributed by atoms with E-state index < -0.39 is 17.7 Å². The van der Waals surface area contributed by atoms with Gasteiger partial charge in [-0.2, -0.15) is 0 Å². The lowest BCUT2D eigenvalue weighted by Crippen LogP contribution is -2.52. The first kappa shape index (κ1) is 27.5. The first-order chi connectivity index (χ1) is 17.9. The molecule has 4 rings (SSSR count). The molecule has 2 aliphatic heterocycles. The van der Waals surface area contributed by atoms with Gasteiger partial charge >= 0.3 is 0 Å². The van der Waals surface area contributed by atoms with E-state index in [9.17, 15) is 24.0 Å². The fourth-order valence-corrected chi connectivity index (χ4v) is 6.35. The van der Waals surface area contributed by atoms with Gasteiger partial charge in [-0.15, -0.1) is 0 Å². The molecule has 0 spiro atoms. The number of hydrogen-bond donors (Lipinski definition) is 4. The highest BCUT2D eigenvalue weighted by atomic mass is 16.2. The maximum absolute atomic E-state index is 13.1. The molecule has 3 atom stereocenters. The molecule has 10 heteroatoms. The zero-order valence-electron chi connectivity index (χ0n) is 21.9. The predicted octanol–water partition coefficient (Wildman–Crippen LogP) is 0.786. The molecule has 2 aliphatic carbocycles. The van der Waals surface area contributed by atoms with Crippen molar-refractivity contribution >= 4 is 29.4 Å². The highest BCUT2D eigenvalue weighted by Gasteiger charge is 2.36. The maximum atomic E-state index is 13.1. The molecule has 0 bridgehead atoms. The predicted molar refractivity (Wildman–Crippen MR) is 137 cm³/mol. The number of likely N-dealkylation sites (tertiary alicyclic amines) is 1. The molecule has 2 heterocycles. The Morgan fingerprint density at radius 1 is 0.919 bits per heavy atom. The quantitative estimate of drug-likeness (QED) is 0.299. The maximum Gasteiger partial charge on any atom is 0.289 e. The van der Waals surface area contributed by atoms with Crippen LogP contribution in [0.5, 0.6) is 0 Å². The van der Waals surface area contributed by atoms with Gasteiger partial charge in [0.1, 0.15) is 0 Å². The summed E-state index contributed by atoms with van der Waals surface area (Å²) in [5.41, 5.74) is 0. The van der Waals surface area contributed by atoms with Crippen molar-refractivity contribution in [3.8, 4) is 0 Å². The van der Waals surface area contributed by atoms with Gasteiger partial charge in [0.15, 0.2) is 0 Å². The van der Waals surface area contributed by atoms with Gasteiger partial charge in [0, 0.05) is 43.6 Å². The SMILES string of the molecule is O=C(NC1CCCC1)C(=O)[C@H](C[C@@H]1CCNC1=O)NCC1CCCN1C(=O)CNC(=O)C1CCCCC1. The number of nitrogens with one attached hydrogen (secondary N) is 4. The van der Waals surface area contributed by atoms with Crippen LogP contribution in [0, 0.1) is 11.8 Å². The van der Waals surface area contributed by atoms with Crippen LogP contribution in [0.4, 0.5) is 0 Å². The fourth-order valence-electron chi connectivity index (χ4n) is 6.35. The Labute approximate surface area is 219 Å². The zero-order valence-corrected chi connectivity index (χ0v) is 21.9. The average molecular weight is 518 g/mol. The number of nitrogens with zero attached hydrogens (tertiary/aromatic N) is 1. The Balaban J connectivity index is 1.31. The molecule has 0 aromatic carbocycles.